The second-order valence-electron chi connectivity index (χ2n) is 8.80. The highest BCUT2D eigenvalue weighted by atomic mass is 16.5. The Labute approximate surface area is 182 Å². The minimum atomic E-state index is -0.245. The molecule has 2 saturated heterocycles. The topological polar surface area (TPSA) is 88.1 Å². The highest BCUT2D eigenvalue weighted by molar-refractivity contribution is 6.11. The zero-order chi connectivity index (χ0) is 21.2. The Morgan fingerprint density at radius 1 is 1.26 bits per heavy atom. The number of amides is 1. The van der Waals surface area contributed by atoms with E-state index in [2.05, 4.69) is 25.3 Å². The average molecular weight is 423 g/mol. The molecule has 8 nitrogen and oxygen atoms in total. The standard InChI is InChI=1S/C23H30N6O2/c1-28-12-10-20(27-28)25-23(30)18-14-24-19-8-9-21(26-22(18)19)31-13-3-11-29-15-16-4-2-5-17(29)7-6-16/h8-10,12,14,16-17,24H,2-7,11,13,15H2,1H3,(H,25,27,30). The van der Waals surface area contributed by atoms with Gasteiger partial charge in [-0.05, 0) is 44.1 Å². The molecule has 164 valence electrons. The molecule has 2 aliphatic heterocycles. The number of ether oxygens (including phenoxy) is 1. The minimum Gasteiger partial charge on any atom is -0.478 e. The molecule has 2 N–H and O–H groups in total. The number of rotatable bonds is 7. The van der Waals surface area contributed by atoms with Gasteiger partial charge in [-0.1, -0.05) is 6.42 Å². The van der Waals surface area contributed by atoms with Crippen LogP contribution < -0.4 is 10.1 Å². The van der Waals surface area contributed by atoms with E-state index in [4.69, 9.17) is 4.74 Å². The smallest absolute Gasteiger partial charge is 0.260 e. The largest absolute Gasteiger partial charge is 0.478 e. The van der Waals surface area contributed by atoms with Crippen molar-refractivity contribution in [2.75, 3.05) is 25.0 Å². The number of aromatic nitrogens is 4. The van der Waals surface area contributed by atoms with Gasteiger partial charge in [-0.15, -0.1) is 0 Å². The summed E-state index contributed by atoms with van der Waals surface area (Å²) in [5.41, 5.74) is 1.89. The van der Waals surface area contributed by atoms with Crippen molar-refractivity contribution >= 4 is 22.8 Å². The third-order valence-corrected chi connectivity index (χ3v) is 6.60. The van der Waals surface area contributed by atoms with Gasteiger partial charge in [-0.25, -0.2) is 4.98 Å². The number of H-pyrrole nitrogens is 1. The van der Waals surface area contributed by atoms with Crippen LogP contribution in [0.15, 0.2) is 30.6 Å². The van der Waals surface area contributed by atoms with Crippen molar-refractivity contribution in [1.29, 1.82) is 0 Å². The summed E-state index contributed by atoms with van der Waals surface area (Å²) >= 11 is 0. The molecule has 8 heteroatoms. The average Bonchev–Trinajstić information content (AvgIpc) is 3.23. The van der Waals surface area contributed by atoms with E-state index in [9.17, 15) is 4.79 Å². The molecule has 0 radical (unpaired) electrons. The van der Waals surface area contributed by atoms with Crippen LogP contribution in [0.1, 0.15) is 48.9 Å². The second kappa shape index (κ2) is 8.70. The molecule has 1 amide bonds. The summed E-state index contributed by atoms with van der Waals surface area (Å²) < 4.78 is 7.59. The number of hydrogen-bond donors (Lipinski definition) is 2. The number of carbonyl (C=O) groups excluding carboxylic acids is 1. The van der Waals surface area contributed by atoms with Crippen LogP contribution in [0.5, 0.6) is 5.88 Å². The quantitative estimate of drug-likeness (QED) is 0.568. The van der Waals surface area contributed by atoms with Crippen molar-refractivity contribution in [3.63, 3.8) is 0 Å². The number of piperidine rings is 1. The van der Waals surface area contributed by atoms with Crippen molar-refractivity contribution in [3.8, 4) is 5.88 Å². The highest BCUT2D eigenvalue weighted by Crippen LogP contribution is 2.33. The summed E-state index contributed by atoms with van der Waals surface area (Å²) in [7, 11) is 1.81. The van der Waals surface area contributed by atoms with Crippen molar-refractivity contribution in [1.82, 2.24) is 24.6 Å². The number of hydrogen-bond acceptors (Lipinski definition) is 5. The third kappa shape index (κ3) is 4.44. The number of aryl methyl sites for hydroxylation is 1. The zero-order valence-corrected chi connectivity index (χ0v) is 18.0. The van der Waals surface area contributed by atoms with Crippen LogP contribution in [0.25, 0.3) is 11.0 Å². The molecule has 3 aromatic heterocycles. The maximum absolute atomic E-state index is 12.7. The van der Waals surface area contributed by atoms with Crippen molar-refractivity contribution in [3.05, 3.63) is 36.2 Å². The van der Waals surface area contributed by atoms with Gasteiger partial charge in [-0.3, -0.25) is 14.4 Å². The predicted octanol–water partition coefficient (Wildman–Crippen LogP) is 3.58. The number of carbonyl (C=O) groups is 1. The van der Waals surface area contributed by atoms with Crippen LogP contribution in [-0.4, -0.2) is 56.3 Å². The van der Waals surface area contributed by atoms with Gasteiger partial charge in [0.15, 0.2) is 5.82 Å². The molecule has 3 aliphatic rings. The van der Waals surface area contributed by atoms with Crippen LogP contribution in [-0.2, 0) is 7.05 Å². The number of nitrogens with zero attached hydrogens (tertiary/aromatic N) is 4. The van der Waals surface area contributed by atoms with Crippen LogP contribution in [0.4, 0.5) is 5.82 Å². The Balaban J connectivity index is 1.19. The van der Waals surface area contributed by atoms with Crippen molar-refractivity contribution < 1.29 is 9.53 Å². The van der Waals surface area contributed by atoms with Crippen LogP contribution in [0.3, 0.4) is 0 Å². The minimum absolute atomic E-state index is 0.245. The van der Waals surface area contributed by atoms with Gasteiger partial charge in [0.2, 0.25) is 5.88 Å². The second-order valence-corrected chi connectivity index (χ2v) is 8.80. The summed E-state index contributed by atoms with van der Waals surface area (Å²) in [5.74, 6) is 1.71. The first kappa shape index (κ1) is 20.1. The number of fused-ring (bicyclic) bond motifs is 5. The predicted molar refractivity (Wildman–Crippen MR) is 119 cm³/mol. The molecule has 0 aromatic carbocycles. The Morgan fingerprint density at radius 2 is 2.19 bits per heavy atom. The van der Waals surface area contributed by atoms with Crippen molar-refractivity contribution in [2.24, 2.45) is 13.0 Å². The van der Waals surface area contributed by atoms with E-state index in [1.54, 1.807) is 23.1 Å². The van der Waals surface area contributed by atoms with Crippen molar-refractivity contribution in [2.45, 2.75) is 44.6 Å². The first-order valence-corrected chi connectivity index (χ1v) is 11.3. The molecule has 31 heavy (non-hydrogen) atoms. The van der Waals surface area contributed by atoms with Gasteiger partial charge < -0.3 is 15.0 Å². The van der Waals surface area contributed by atoms with Gasteiger partial charge in [0.1, 0.15) is 5.52 Å². The molecule has 1 aliphatic carbocycles. The molecule has 2 atom stereocenters. The van der Waals surface area contributed by atoms with E-state index >= 15 is 0 Å². The molecular weight excluding hydrogens is 392 g/mol. The summed E-state index contributed by atoms with van der Waals surface area (Å²) in [6.45, 7) is 2.98. The van der Waals surface area contributed by atoms with Crippen LogP contribution in [0.2, 0.25) is 0 Å². The maximum Gasteiger partial charge on any atom is 0.260 e. The Kier molecular flexibility index (Phi) is 5.63. The molecule has 1 saturated carbocycles. The molecule has 5 heterocycles. The van der Waals surface area contributed by atoms with Gasteiger partial charge in [0, 0.05) is 50.7 Å². The fourth-order valence-electron chi connectivity index (χ4n) is 5.01. The Hall–Kier alpha value is -2.87. The Bertz CT molecular complexity index is 1050. The number of nitrogens with one attached hydrogen (secondary N) is 2. The molecular formula is C23H30N6O2. The molecule has 6 rings (SSSR count). The third-order valence-electron chi connectivity index (χ3n) is 6.60. The van der Waals surface area contributed by atoms with Gasteiger partial charge in [0.25, 0.3) is 5.91 Å². The van der Waals surface area contributed by atoms with E-state index < -0.39 is 0 Å². The van der Waals surface area contributed by atoms with Crippen LogP contribution >= 0.6 is 0 Å². The lowest BCUT2D eigenvalue weighted by Crippen LogP contribution is -2.42. The summed E-state index contributed by atoms with van der Waals surface area (Å²) in [5, 5.41) is 7.00. The lowest BCUT2D eigenvalue weighted by atomic mass is 9.94. The van der Waals surface area contributed by atoms with E-state index in [-0.39, 0.29) is 5.91 Å². The monoisotopic (exact) mass is 422 g/mol. The lowest BCUT2D eigenvalue weighted by Gasteiger charge is -2.36. The molecule has 2 unspecified atom stereocenters. The summed E-state index contributed by atoms with van der Waals surface area (Å²) in [4.78, 5) is 23.0. The fourth-order valence-corrected chi connectivity index (χ4v) is 5.01. The molecule has 2 bridgehead atoms. The molecule has 3 fully saturated rings. The van der Waals surface area contributed by atoms with Gasteiger partial charge in [-0.2, -0.15) is 5.10 Å². The molecule has 0 spiro atoms. The SMILES string of the molecule is Cn1ccc(NC(=O)c2c[nH]c3ccc(OCCCN4CC5CCCC4CC5)nc23)n1. The normalized spacial score (nSPS) is 21.3. The van der Waals surface area contributed by atoms with Gasteiger partial charge >= 0.3 is 0 Å². The number of pyridine rings is 1. The van der Waals surface area contributed by atoms with Gasteiger partial charge in [0.05, 0.1) is 17.7 Å². The first-order valence-electron chi connectivity index (χ1n) is 11.3. The number of aromatic amines is 1. The number of anilines is 1. The summed E-state index contributed by atoms with van der Waals surface area (Å²) in [6.07, 6.45) is 11.4. The lowest BCUT2D eigenvalue weighted by molar-refractivity contribution is 0.102. The molecule has 3 aromatic rings. The fraction of sp³-hybridized carbons (Fsp3) is 0.522. The van der Waals surface area contributed by atoms with E-state index in [0.717, 1.165) is 30.4 Å². The van der Waals surface area contributed by atoms with Crippen LogP contribution in [0, 0.1) is 5.92 Å². The summed E-state index contributed by atoms with van der Waals surface area (Å²) in [6, 6.07) is 6.29. The van der Waals surface area contributed by atoms with E-state index in [0.29, 0.717) is 29.4 Å². The van der Waals surface area contributed by atoms with E-state index in [1.165, 1.54) is 38.6 Å². The maximum atomic E-state index is 12.7. The van der Waals surface area contributed by atoms with E-state index in [1.807, 2.05) is 19.2 Å². The Morgan fingerprint density at radius 3 is 3.06 bits per heavy atom. The highest BCUT2D eigenvalue weighted by Gasteiger charge is 2.30. The first-order chi connectivity index (χ1) is 15.2. The zero-order valence-electron chi connectivity index (χ0n) is 18.0.